The molecule has 0 saturated heterocycles. The molecule has 61 heavy (non-hydrogen) atoms. The van der Waals surface area contributed by atoms with Crippen LogP contribution < -0.4 is 20.9 Å². The van der Waals surface area contributed by atoms with Gasteiger partial charge in [0.1, 0.15) is 23.0 Å². The largest absolute Gasteiger partial charge is 0.457 e. The zero-order chi connectivity index (χ0) is 43.9. The molecule has 0 aliphatic carbocycles. The fourth-order valence-electron chi connectivity index (χ4n) is 6.49. The Hall–Kier alpha value is -7.95. The van der Waals surface area contributed by atoms with Gasteiger partial charge < -0.3 is 30.4 Å². The number of hydrogen-bond donors (Lipinski definition) is 2. The number of ether oxygens (including phenoxy) is 4. The number of hydrogen-bond acceptors (Lipinski definition) is 11. The van der Waals surface area contributed by atoms with E-state index in [2.05, 4.69) is 9.47 Å². The zero-order valence-corrected chi connectivity index (χ0v) is 30.8. The number of cyclic esters (lactones) is 4. The Labute approximate surface area is 340 Å². The summed E-state index contributed by atoms with van der Waals surface area (Å²) in [5, 5.41) is 0. The van der Waals surface area contributed by atoms with Gasteiger partial charge in [0.2, 0.25) is 5.41 Å². The maximum atomic E-state index is 14.4. The molecular formula is C44H26F6N2O9. The fraction of sp³-hybridized carbons (Fsp3) is 0.0682. The molecule has 4 N–H and O–H groups in total. The Bertz CT molecular complexity index is 2530. The highest BCUT2D eigenvalue weighted by Crippen LogP contribution is 2.56. The van der Waals surface area contributed by atoms with Gasteiger partial charge in [0.25, 0.3) is 0 Å². The van der Waals surface area contributed by atoms with Crippen molar-refractivity contribution < 1.29 is 69.3 Å². The first-order valence-corrected chi connectivity index (χ1v) is 17.6. The highest BCUT2D eigenvalue weighted by Gasteiger charge is 2.72. The van der Waals surface area contributed by atoms with Gasteiger partial charge in [-0.05, 0) is 108 Å². The topological polar surface area (TPSA) is 174 Å². The molecule has 2 aliphatic heterocycles. The minimum Gasteiger partial charge on any atom is -0.457 e. The average molecular weight is 841 g/mol. The first-order valence-electron chi connectivity index (χ1n) is 17.6. The summed E-state index contributed by atoms with van der Waals surface area (Å²) in [6.45, 7) is 0. The van der Waals surface area contributed by atoms with Crippen LogP contribution >= 0.6 is 0 Å². The van der Waals surface area contributed by atoms with Gasteiger partial charge in [-0.15, -0.1) is 0 Å². The molecule has 0 spiro atoms. The summed E-state index contributed by atoms with van der Waals surface area (Å²) in [5.41, 5.74) is 6.34. The molecule has 0 unspecified atom stereocenters. The summed E-state index contributed by atoms with van der Waals surface area (Å²) in [5.74, 6) is -2.87. The monoisotopic (exact) mass is 840 g/mol. The number of ketones is 1. The van der Waals surface area contributed by atoms with E-state index in [1.807, 2.05) is 0 Å². The van der Waals surface area contributed by atoms with Crippen LogP contribution in [0.25, 0.3) is 0 Å². The number of fused-ring (bicyclic) bond motifs is 2. The van der Waals surface area contributed by atoms with Crippen molar-refractivity contribution in [3.8, 4) is 23.0 Å². The van der Waals surface area contributed by atoms with Crippen molar-refractivity contribution in [1.82, 2.24) is 0 Å². The fourth-order valence-corrected chi connectivity index (χ4v) is 6.49. The van der Waals surface area contributed by atoms with E-state index < -0.39 is 58.6 Å². The van der Waals surface area contributed by atoms with E-state index in [1.54, 1.807) is 24.3 Å². The predicted molar refractivity (Wildman–Crippen MR) is 203 cm³/mol. The molecule has 2 heterocycles. The third-order valence-corrected chi connectivity index (χ3v) is 9.47. The van der Waals surface area contributed by atoms with Crippen molar-refractivity contribution in [3.05, 3.63) is 178 Å². The molecule has 0 atom stereocenters. The number of alkyl halides is 6. The van der Waals surface area contributed by atoms with Crippen LogP contribution in [-0.4, -0.2) is 42.0 Å². The van der Waals surface area contributed by atoms with Crippen LogP contribution in [0.1, 0.15) is 68.5 Å². The molecular weight excluding hydrogens is 814 g/mol. The molecule has 8 rings (SSSR count). The Kier molecular flexibility index (Phi) is 10.6. The molecule has 308 valence electrons. The van der Waals surface area contributed by atoms with Gasteiger partial charge >= 0.3 is 36.2 Å². The summed E-state index contributed by atoms with van der Waals surface area (Å²) >= 11 is 0. The van der Waals surface area contributed by atoms with Crippen LogP contribution in [0.15, 0.2) is 133 Å². The number of nitrogen functional groups attached to an aromatic ring is 2. The molecule has 2 aliphatic rings. The van der Waals surface area contributed by atoms with Gasteiger partial charge in [-0.25, -0.2) is 19.2 Å². The van der Waals surface area contributed by atoms with Crippen LogP contribution in [-0.2, 0) is 14.9 Å². The van der Waals surface area contributed by atoms with Gasteiger partial charge in [-0.3, -0.25) is 4.79 Å². The summed E-state index contributed by atoms with van der Waals surface area (Å²) in [6, 6.07) is 27.5. The van der Waals surface area contributed by atoms with Gasteiger partial charge in [0.05, 0.1) is 22.3 Å². The lowest BCUT2D eigenvalue weighted by Crippen LogP contribution is -2.54. The molecule has 0 fully saturated rings. The second-order valence-electron chi connectivity index (χ2n) is 13.3. The molecule has 17 heteroatoms. The molecule has 6 aromatic carbocycles. The number of nitrogens with two attached hydrogens (primary N) is 2. The average Bonchev–Trinajstić information content (AvgIpc) is 3.67. The van der Waals surface area contributed by atoms with E-state index in [-0.39, 0.29) is 44.9 Å². The van der Waals surface area contributed by atoms with Crippen LogP contribution in [0.5, 0.6) is 23.0 Å². The summed E-state index contributed by atoms with van der Waals surface area (Å²) in [6.07, 6.45) is -11.4. The maximum absolute atomic E-state index is 14.4. The second kappa shape index (κ2) is 15.7. The van der Waals surface area contributed by atoms with Crippen molar-refractivity contribution in [3.63, 3.8) is 0 Å². The second-order valence-corrected chi connectivity index (χ2v) is 13.3. The van der Waals surface area contributed by atoms with Crippen molar-refractivity contribution in [2.75, 3.05) is 11.5 Å². The standard InChI is InChI=1S/C27H20F6N2O2.C17H6O7/c28-26(29,30)25(27(31,32)33,17-1-9-21(10-2-17)36-23-13-5-19(34)6-14-23)18-3-11-22(12-4-18)37-24-15-7-20(35)8-16-24;18-13(7-1-3-9-11(5-7)16(21)23-14(9)19)8-2-4-10-12(6-8)17(22)24-15(10)20/h1-16H,34-35H2;1-6H. The summed E-state index contributed by atoms with van der Waals surface area (Å²) in [4.78, 5) is 58.5. The Morgan fingerprint density at radius 2 is 0.721 bits per heavy atom. The Balaban J connectivity index is 0.000000201. The van der Waals surface area contributed by atoms with Crippen molar-refractivity contribution in [1.29, 1.82) is 0 Å². The van der Waals surface area contributed by atoms with Crippen LogP contribution in [0.4, 0.5) is 37.7 Å². The number of benzene rings is 6. The molecule has 0 radical (unpaired) electrons. The number of carbonyl (C=O) groups excluding carboxylic acids is 5. The molecule has 0 bridgehead atoms. The number of halogens is 6. The molecule has 11 nitrogen and oxygen atoms in total. The smallest absolute Gasteiger partial charge is 0.411 e. The number of esters is 4. The van der Waals surface area contributed by atoms with Gasteiger partial charge in [-0.1, -0.05) is 36.4 Å². The van der Waals surface area contributed by atoms with E-state index in [4.69, 9.17) is 20.9 Å². The van der Waals surface area contributed by atoms with Crippen molar-refractivity contribution in [2.45, 2.75) is 17.8 Å². The van der Waals surface area contributed by atoms with E-state index in [1.165, 1.54) is 60.7 Å². The third kappa shape index (κ3) is 7.95. The van der Waals surface area contributed by atoms with Crippen molar-refractivity contribution >= 4 is 41.0 Å². The third-order valence-electron chi connectivity index (χ3n) is 9.47. The summed E-state index contributed by atoms with van der Waals surface area (Å²) in [7, 11) is 0. The summed E-state index contributed by atoms with van der Waals surface area (Å²) < 4.78 is 106. The Morgan fingerprint density at radius 3 is 1.03 bits per heavy atom. The number of rotatable bonds is 8. The van der Waals surface area contributed by atoms with Crippen LogP contribution in [0.2, 0.25) is 0 Å². The lowest BCUT2D eigenvalue weighted by atomic mass is 9.73. The number of carbonyl (C=O) groups is 5. The number of anilines is 2. The quantitative estimate of drug-likeness (QED) is 0.0491. The molecule has 0 saturated carbocycles. The minimum absolute atomic E-state index is 0.0154. The highest BCUT2D eigenvalue weighted by molar-refractivity contribution is 6.19. The zero-order valence-electron chi connectivity index (χ0n) is 30.8. The molecule has 0 amide bonds. The van der Waals surface area contributed by atoms with Crippen molar-refractivity contribution in [2.24, 2.45) is 0 Å². The van der Waals surface area contributed by atoms with E-state index >= 15 is 0 Å². The molecule has 0 aromatic heterocycles. The lowest BCUT2D eigenvalue weighted by Gasteiger charge is -2.38. The predicted octanol–water partition coefficient (Wildman–Crippen LogP) is 9.39. The normalized spacial score (nSPS) is 13.3. The lowest BCUT2D eigenvalue weighted by molar-refractivity contribution is -0.288. The first kappa shape index (κ1) is 41.2. The first-order chi connectivity index (χ1) is 28.8. The van der Waals surface area contributed by atoms with E-state index in [0.29, 0.717) is 22.9 Å². The van der Waals surface area contributed by atoms with Crippen LogP contribution in [0, 0.1) is 0 Å². The van der Waals surface area contributed by atoms with E-state index in [0.717, 1.165) is 48.5 Å². The van der Waals surface area contributed by atoms with Gasteiger partial charge in [0, 0.05) is 22.5 Å². The maximum Gasteiger partial charge on any atom is 0.411 e. The van der Waals surface area contributed by atoms with Gasteiger partial charge in [-0.2, -0.15) is 26.3 Å². The van der Waals surface area contributed by atoms with Gasteiger partial charge in [0.15, 0.2) is 5.78 Å². The Morgan fingerprint density at radius 1 is 0.426 bits per heavy atom. The minimum atomic E-state index is -5.72. The molecule has 6 aromatic rings. The van der Waals surface area contributed by atoms with E-state index in [9.17, 15) is 50.3 Å². The van der Waals surface area contributed by atoms with Crippen LogP contribution in [0.3, 0.4) is 0 Å². The highest BCUT2D eigenvalue weighted by atomic mass is 19.4. The SMILES string of the molecule is Nc1ccc(Oc2ccc(C(c3ccc(Oc4ccc(N)cc4)cc3)(C(F)(F)F)C(F)(F)F)cc2)cc1.O=C(c1ccc2c(c1)C(=O)OC2=O)c1ccc2c(c1)C(=O)OC2=O.